The number of nitrogens with zero attached hydrogens (tertiary/aromatic N) is 3. The predicted molar refractivity (Wildman–Crippen MR) is 93.4 cm³/mol. The van der Waals surface area contributed by atoms with E-state index in [1.54, 1.807) is 6.20 Å². The van der Waals surface area contributed by atoms with Gasteiger partial charge in [-0.3, -0.25) is 4.79 Å². The van der Waals surface area contributed by atoms with Gasteiger partial charge in [-0.05, 0) is 18.6 Å². The van der Waals surface area contributed by atoms with Crippen molar-refractivity contribution in [1.82, 2.24) is 24.8 Å². The molecular formula is C18H23N5O. The van der Waals surface area contributed by atoms with E-state index in [1.807, 2.05) is 42.1 Å². The zero-order valence-corrected chi connectivity index (χ0v) is 14.1. The number of amides is 1. The van der Waals surface area contributed by atoms with Gasteiger partial charge >= 0.3 is 0 Å². The highest BCUT2D eigenvalue weighted by Crippen LogP contribution is 2.17. The molecule has 0 radical (unpaired) electrons. The topological polar surface area (TPSA) is 75.6 Å². The van der Waals surface area contributed by atoms with Gasteiger partial charge < -0.3 is 14.9 Å². The Morgan fingerprint density at radius 1 is 1.38 bits per heavy atom. The Bertz CT molecular complexity index is 787. The first-order chi connectivity index (χ1) is 11.7. The number of nitrogens with one attached hydrogen (secondary N) is 2. The van der Waals surface area contributed by atoms with Crippen molar-refractivity contribution in [1.29, 1.82) is 0 Å². The Hall–Kier alpha value is -2.63. The van der Waals surface area contributed by atoms with Gasteiger partial charge in [0.25, 0.3) is 0 Å². The van der Waals surface area contributed by atoms with Crippen LogP contribution in [0.5, 0.6) is 0 Å². The second-order valence-electron chi connectivity index (χ2n) is 6.01. The van der Waals surface area contributed by atoms with Crippen molar-refractivity contribution >= 4 is 16.9 Å². The molecule has 0 aliphatic carbocycles. The molecule has 0 saturated heterocycles. The predicted octanol–water partition coefficient (Wildman–Crippen LogP) is 2.89. The summed E-state index contributed by atoms with van der Waals surface area (Å²) in [5.41, 5.74) is 1.94. The number of hydrogen-bond donors (Lipinski definition) is 2. The summed E-state index contributed by atoms with van der Waals surface area (Å²) in [6, 6.07) is 7.84. The number of aryl methyl sites for hydroxylation is 2. The molecule has 6 heteroatoms. The van der Waals surface area contributed by atoms with Crippen molar-refractivity contribution in [3.05, 3.63) is 48.3 Å². The Balaban J connectivity index is 1.60. The molecule has 0 aliphatic heterocycles. The van der Waals surface area contributed by atoms with Crippen LogP contribution in [0.3, 0.4) is 0 Å². The Morgan fingerprint density at radius 3 is 2.92 bits per heavy atom. The quantitative estimate of drug-likeness (QED) is 0.701. The molecule has 2 heterocycles. The standard InChI is InChI=1S/C18H23N5O/c1-3-6-15(18-19-11-12-23(18)2)22-17(24)10-9-16-20-13-7-4-5-8-14(13)21-16/h4-5,7-8,11-12,15H,3,6,9-10H2,1-2H3,(H,20,21)(H,22,24). The molecule has 0 saturated carbocycles. The molecule has 0 spiro atoms. The molecular weight excluding hydrogens is 302 g/mol. The maximum atomic E-state index is 12.3. The lowest BCUT2D eigenvalue weighted by atomic mass is 10.1. The van der Waals surface area contributed by atoms with Crippen molar-refractivity contribution in [3.63, 3.8) is 0 Å². The number of fused-ring (bicyclic) bond motifs is 1. The maximum Gasteiger partial charge on any atom is 0.221 e. The highest BCUT2D eigenvalue weighted by Gasteiger charge is 2.17. The lowest BCUT2D eigenvalue weighted by Gasteiger charge is -2.17. The van der Waals surface area contributed by atoms with Crippen LogP contribution in [0.2, 0.25) is 0 Å². The van der Waals surface area contributed by atoms with Gasteiger partial charge in [0.05, 0.1) is 17.1 Å². The first kappa shape index (κ1) is 16.2. The molecule has 6 nitrogen and oxygen atoms in total. The van der Waals surface area contributed by atoms with Crippen LogP contribution < -0.4 is 5.32 Å². The number of hydrogen-bond acceptors (Lipinski definition) is 3. The lowest BCUT2D eigenvalue weighted by molar-refractivity contribution is -0.122. The molecule has 1 unspecified atom stereocenters. The summed E-state index contributed by atoms with van der Waals surface area (Å²) >= 11 is 0. The van der Waals surface area contributed by atoms with Crippen molar-refractivity contribution in [2.24, 2.45) is 7.05 Å². The molecule has 3 rings (SSSR count). The lowest BCUT2D eigenvalue weighted by Crippen LogP contribution is -2.30. The monoisotopic (exact) mass is 325 g/mol. The van der Waals surface area contributed by atoms with Crippen LogP contribution in [0.25, 0.3) is 11.0 Å². The number of carbonyl (C=O) groups is 1. The van der Waals surface area contributed by atoms with E-state index >= 15 is 0 Å². The van der Waals surface area contributed by atoms with Gasteiger partial charge in [-0.1, -0.05) is 25.5 Å². The summed E-state index contributed by atoms with van der Waals surface area (Å²) in [5.74, 6) is 1.77. The number of H-pyrrole nitrogens is 1. The summed E-state index contributed by atoms with van der Waals surface area (Å²) in [6.45, 7) is 2.11. The third-order valence-corrected chi connectivity index (χ3v) is 4.11. The van der Waals surface area contributed by atoms with Crippen LogP contribution >= 0.6 is 0 Å². The van der Waals surface area contributed by atoms with E-state index in [1.165, 1.54) is 0 Å². The van der Waals surface area contributed by atoms with Crippen molar-refractivity contribution < 1.29 is 4.79 Å². The molecule has 0 bridgehead atoms. The molecule has 1 amide bonds. The van der Waals surface area contributed by atoms with Crippen molar-refractivity contribution in [2.75, 3.05) is 0 Å². The molecule has 1 aromatic carbocycles. The van der Waals surface area contributed by atoms with E-state index in [2.05, 4.69) is 27.2 Å². The second-order valence-corrected chi connectivity index (χ2v) is 6.01. The number of imidazole rings is 2. The van der Waals surface area contributed by atoms with Gasteiger partial charge in [0.1, 0.15) is 11.6 Å². The maximum absolute atomic E-state index is 12.3. The number of benzene rings is 1. The third kappa shape index (κ3) is 3.64. The minimum absolute atomic E-state index is 0.0249. The molecule has 0 aliphatic rings. The van der Waals surface area contributed by atoms with Gasteiger partial charge in [0, 0.05) is 32.3 Å². The van der Waals surface area contributed by atoms with Crippen LogP contribution in [0, 0.1) is 0 Å². The fourth-order valence-corrected chi connectivity index (χ4v) is 2.89. The van der Waals surface area contributed by atoms with Gasteiger partial charge in [-0.25, -0.2) is 9.97 Å². The third-order valence-electron chi connectivity index (χ3n) is 4.11. The van der Waals surface area contributed by atoms with E-state index in [4.69, 9.17) is 0 Å². The minimum Gasteiger partial charge on any atom is -0.346 e. The number of aromatic nitrogens is 4. The molecule has 2 N–H and O–H groups in total. The fraction of sp³-hybridized carbons (Fsp3) is 0.389. The average Bonchev–Trinajstić information content (AvgIpc) is 3.18. The largest absolute Gasteiger partial charge is 0.346 e. The molecule has 0 fully saturated rings. The molecule has 126 valence electrons. The number of para-hydroxylation sites is 2. The first-order valence-electron chi connectivity index (χ1n) is 8.37. The van der Waals surface area contributed by atoms with Crippen molar-refractivity contribution in [3.8, 4) is 0 Å². The van der Waals surface area contributed by atoms with Gasteiger partial charge in [0.15, 0.2) is 0 Å². The summed E-state index contributed by atoms with van der Waals surface area (Å²) in [5, 5.41) is 3.10. The Morgan fingerprint density at radius 2 is 2.21 bits per heavy atom. The Kier molecular flexibility index (Phi) is 4.93. The highest BCUT2D eigenvalue weighted by atomic mass is 16.1. The number of aromatic amines is 1. The molecule has 3 aromatic rings. The van der Waals surface area contributed by atoms with Crippen LogP contribution in [0.1, 0.15) is 43.9 Å². The van der Waals surface area contributed by atoms with Crippen LogP contribution in [-0.4, -0.2) is 25.4 Å². The molecule has 24 heavy (non-hydrogen) atoms. The summed E-state index contributed by atoms with van der Waals surface area (Å²) < 4.78 is 1.96. The van der Waals surface area contributed by atoms with E-state index < -0.39 is 0 Å². The summed E-state index contributed by atoms with van der Waals surface area (Å²) in [4.78, 5) is 24.5. The Labute approximate surface area is 141 Å². The van der Waals surface area contributed by atoms with E-state index in [-0.39, 0.29) is 11.9 Å². The average molecular weight is 325 g/mol. The zero-order valence-electron chi connectivity index (χ0n) is 14.1. The number of rotatable bonds is 7. The van der Waals surface area contributed by atoms with E-state index in [9.17, 15) is 4.79 Å². The zero-order chi connectivity index (χ0) is 16.9. The van der Waals surface area contributed by atoms with Crippen LogP contribution in [0.15, 0.2) is 36.7 Å². The molecule has 1 atom stereocenters. The summed E-state index contributed by atoms with van der Waals surface area (Å²) in [6.07, 6.45) is 6.53. The SMILES string of the molecule is CCCC(NC(=O)CCc1nc2ccccc2[nH]1)c1nccn1C. The second kappa shape index (κ2) is 7.29. The van der Waals surface area contributed by atoms with Gasteiger partial charge in [-0.15, -0.1) is 0 Å². The minimum atomic E-state index is -0.0434. The summed E-state index contributed by atoms with van der Waals surface area (Å²) in [7, 11) is 1.95. The molecule has 2 aromatic heterocycles. The smallest absolute Gasteiger partial charge is 0.221 e. The van der Waals surface area contributed by atoms with Crippen LogP contribution in [-0.2, 0) is 18.3 Å². The normalized spacial score (nSPS) is 12.4. The van der Waals surface area contributed by atoms with Gasteiger partial charge in [0.2, 0.25) is 5.91 Å². The van der Waals surface area contributed by atoms with Crippen LogP contribution in [0.4, 0.5) is 0 Å². The van der Waals surface area contributed by atoms with Crippen molar-refractivity contribution in [2.45, 2.75) is 38.6 Å². The van der Waals surface area contributed by atoms with Gasteiger partial charge in [-0.2, -0.15) is 0 Å². The first-order valence-corrected chi connectivity index (χ1v) is 8.37. The van der Waals surface area contributed by atoms with E-state index in [0.29, 0.717) is 12.8 Å². The van der Waals surface area contributed by atoms with E-state index in [0.717, 1.165) is 35.5 Å². The highest BCUT2D eigenvalue weighted by molar-refractivity contribution is 5.77. The number of carbonyl (C=O) groups excluding carboxylic acids is 1. The fourth-order valence-electron chi connectivity index (χ4n) is 2.89.